The molecule has 2 nitrogen and oxygen atoms in total. The van der Waals surface area contributed by atoms with Gasteiger partial charge in [-0.3, -0.25) is 0 Å². The van der Waals surface area contributed by atoms with E-state index in [2.05, 4.69) is 62.4 Å². The molecule has 2 heteroatoms. The predicted octanol–water partition coefficient (Wildman–Crippen LogP) is 3.60. The van der Waals surface area contributed by atoms with E-state index < -0.39 is 0 Å². The van der Waals surface area contributed by atoms with Crippen molar-refractivity contribution in [2.45, 2.75) is 26.7 Å². The monoisotopic (exact) mass is 220 g/mol. The van der Waals surface area contributed by atoms with Crippen molar-refractivity contribution in [2.75, 3.05) is 30.9 Å². The maximum atomic E-state index is 3.50. The zero-order chi connectivity index (χ0) is 12.0. The zero-order valence-corrected chi connectivity index (χ0v) is 11.0. The SMILES string of the molecule is CCCC(C)CNc1cccc(N(C)C)c1. The van der Waals surface area contributed by atoms with Gasteiger partial charge < -0.3 is 10.2 Å². The van der Waals surface area contributed by atoms with Crippen molar-refractivity contribution in [3.63, 3.8) is 0 Å². The molecule has 0 amide bonds. The van der Waals surface area contributed by atoms with Gasteiger partial charge in [0.1, 0.15) is 0 Å². The molecule has 0 bridgehead atoms. The Kier molecular flexibility index (Phi) is 5.17. The van der Waals surface area contributed by atoms with Gasteiger partial charge in [0.05, 0.1) is 0 Å². The summed E-state index contributed by atoms with van der Waals surface area (Å²) < 4.78 is 0. The van der Waals surface area contributed by atoms with Crippen LogP contribution < -0.4 is 10.2 Å². The maximum Gasteiger partial charge on any atom is 0.0381 e. The first-order valence-electron chi connectivity index (χ1n) is 6.14. The molecule has 1 N–H and O–H groups in total. The Morgan fingerprint density at radius 1 is 1.31 bits per heavy atom. The summed E-state index contributed by atoms with van der Waals surface area (Å²) in [5.74, 6) is 0.744. The molecule has 0 saturated heterocycles. The van der Waals surface area contributed by atoms with Crippen molar-refractivity contribution in [2.24, 2.45) is 5.92 Å². The van der Waals surface area contributed by atoms with Crippen molar-refractivity contribution in [1.29, 1.82) is 0 Å². The molecule has 0 saturated carbocycles. The van der Waals surface area contributed by atoms with Gasteiger partial charge in [-0.1, -0.05) is 26.3 Å². The van der Waals surface area contributed by atoms with Crippen LogP contribution in [0.3, 0.4) is 0 Å². The van der Waals surface area contributed by atoms with Gasteiger partial charge >= 0.3 is 0 Å². The van der Waals surface area contributed by atoms with E-state index in [0.717, 1.165) is 12.5 Å². The number of nitrogens with zero attached hydrogens (tertiary/aromatic N) is 1. The van der Waals surface area contributed by atoms with Crippen LogP contribution in [0.25, 0.3) is 0 Å². The minimum Gasteiger partial charge on any atom is -0.385 e. The van der Waals surface area contributed by atoms with E-state index in [-0.39, 0.29) is 0 Å². The molecule has 1 rings (SSSR count). The zero-order valence-electron chi connectivity index (χ0n) is 11.0. The van der Waals surface area contributed by atoms with Crippen molar-refractivity contribution in [3.05, 3.63) is 24.3 Å². The lowest BCUT2D eigenvalue weighted by atomic mass is 10.1. The van der Waals surface area contributed by atoms with Gasteiger partial charge in [0.15, 0.2) is 0 Å². The van der Waals surface area contributed by atoms with Crippen molar-refractivity contribution >= 4 is 11.4 Å². The van der Waals surface area contributed by atoms with Crippen molar-refractivity contribution < 1.29 is 0 Å². The molecule has 1 atom stereocenters. The molecule has 0 spiro atoms. The molecule has 0 fully saturated rings. The first kappa shape index (κ1) is 12.9. The molecular weight excluding hydrogens is 196 g/mol. The summed E-state index contributed by atoms with van der Waals surface area (Å²) in [5, 5.41) is 3.50. The summed E-state index contributed by atoms with van der Waals surface area (Å²) in [4.78, 5) is 2.13. The van der Waals surface area contributed by atoms with Crippen molar-refractivity contribution in [1.82, 2.24) is 0 Å². The first-order valence-corrected chi connectivity index (χ1v) is 6.14. The van der Waals surface area contributed by atoms with E-state index in [1.807, 2.05) is 0 Å². The predicted molar refractivity (Wildman–Crippen MR) is 73.3 cm³/mol. The van der Waals surface area contributed by atoms with Crippen LogP contribution in [-0.2, 0) is 0 Å². The molecule has 0 aliphatic rings. The summed E-state index contributed by atoms with van der Waals surface area (Å²) in [5.41, 5.74) is 2.46. The van der Waals surface area contributed by atoms with Crippen LogP contribution in [0.1, 0.15) is 26.7 Å². The molecule has 1 unspecified atom stereocenters. The third kappa shape index (κ3) is 4.13. The van der Waals surface area contributed by atoms with Crippen LogP contribution in [0.15, 0.2) is 24.3 Å². The average Bonchev–Trinajstić information content (AvgIpc) is 2.27. The lowest BCUT2D eigenvalue weighted by Gasteiger charge is -2.16. The second kappa shape index (κ2) is 6.41. The smallest absolute Gasteiger partial charge is 0.0381 e. The summed E-state index contributed by atoms with van der Waals surface area (Å²) in [6.45, 7) is 5.60. The largest absolute Gasteiger partial charge is 0.385 e. The van der Waals surface area contributed by atoms with Gasteiger partial charge in [-0.25, -0.2) is 0 Å². The summed E-state index contributed by atoms with van der Waals surface area (Å²) in [7, 11) is 4.14. The molecule has 0 radical (unpaired) electrons. The number of hydrogen-bond donors (Lipinski definition) is 1. The Morgan fingerprint density at radius 3 is 2.69 bits per heavy atom. The third-order valence-corrected chi connectivity index (χ3v) is 2.80. The van der Waals surface area contributed by atoms with E-state index in [1.54, 1.807) is 0 Å². The molecule has 16 heavy (non-hydrogen) atoms. The fourth-order valence-electron chi connectivity index (χ4n) is 1.78. The van der Waals surface area contributed by atoms with Gasteiger partial charge in [-0.05, 0) is 30.5 Å². The second-order valence-corrected chi connectivity index (χ2v) is 4.72. The van der Waals surface area contributed by atoms with Crippen LogP contribution in [-0.4, -0.2) is 20.6 Å². The highest BCUT2D eigenvalue weighted by Gasteiger charge is 2.01. The van der Waals surface area contributed by atoms with Crippen LogP contribution in [0.5, 0.6) is 0 Å². The highest BCUT2D eigenvalue weighted by atomic mass is 15.1. The third-order valence-electron chi connectivity index (χ3n) is 2.80. The fraction of sp³-hybridized carbons (Fsp3) is 0.571. The number of nitrogens with one attached hydrogen (secondary N) is 1. The molecule has 0 heterocycles. The number of benzene rings is 1. The van der Waals surface area contributed by atoms with E-state index in [9.17, 15) is 0 Å². The van der Waals surface area contributed by atoms with Crippen LogP contribution in [0.2, 0.25) is 0 Å². The fourth-order valence-corrected chi connectivity index (χ4v) is 1.78. The summed E-state index contributed by atoms with van der Waals surface area (Å²) >= 11 is 0. The number of anilines is 2. The molecule has 1 aromatic carbocycles. The standard InChI is InChI=1S/C14H24N2/c1-5-7-12(2)11-15-13-8-6-9-14(10-13)16(3)4/h6,8-10,12,15H,5,7,11H2,1-4H3. The lowest BCUT2D eigenvalue weighted by molar-refractivity contribution is 0.551. The molecule has 0 aliphatic carbocycles. The number of rotatable bonds is 6. The molecule has 90 valence electrons. The minimum atomic E-state index is 0.744. The minimum absolute atomic E-state index is 0.744. The Balaban J connectivity index is 2.50. The summed E-state index contributed by atoms with van der Waals surface area (Å²) in [6, 6.07) is 8.55. The molecule has 1 aromatic rings. The van der Waals surface area contributed by atoms with Gasteiger partial charge in [0, 0.05) is 32.0 Å². The van der Waals surface area contributed by atoms with Crippen LogP contribution in [0.4, 0.5) is 11.4 Å². The first-order chi connectivity index (χ1) is 7.63. The quantitative estimate of drug-likeness (QED) is 0.788. The van der Waals surface area contributed by atoms with E-state index in [4.69, 9.17) is 0 Å². The highest BCUT2D eigenvalue weighted by molar-refractivity contribution is 5.57. The molecule has 0 aromatic heterocycles. The topological polar surface area (TPSA) is 15.3 Å². The highest BCUT2D eigenvalue weighted by Crippen LogP contribution is 2.18. The Bertz CT molecular complexity index is 307. The Morgan fingerprint density at radius 2 is 2.06 bits per heavy atom. The molecular formula is C14H24N2. The average molecular weight is 220 g/mol. The van der Waals surface area contributed by atoms with Crippen LogP contribution in [0, 0.1) is 5.92 Å². The van der Waals surface area contributed by atoms with E-state index >= 15 is 0 Å². The normalized spacial score (nSPS) is 12.2. The van der Waals surface area contributed by atoms with Gasteiger partial charge in [0.2, 0.25) is 0 Å². The Hall–Kier alpha value is -1.18. The van der Waals surface area contributed by atoms with E-state index in [1.165, 1.54) is 24.2 Å². The summed E-state index contributed by atoms with van der Waals surface area (Å²) in [6.07, 6.45) is 2.56. The number of hydrogen-bond acceptors (Lipinski definition) is 2. The van der Waals surface area contributed by atoms with Gasteiger partial charge in [-0.2, -0.15) is 0 Å². The molecule has 0 aliphatic heterocycles. The van der Waals surface area contributed by atoms with Gasteiger partial charge in [0.25, 0.3) is 0 Å². The Labute approximate surface area is 99.7 Å². The van der Waals surface area contributed by atoms with E-state index in [0.29, 0.717) is 0 Å². The van der Waals surface area contributed by atoms with Gasteiger partial charge in [-0.15, -0.1) is 0 Å². The maximum absolute atomic E-state index is 3.50. The van der Waals surface area contributed by atoms with Crippen LogP contribution >= 0.6 is 0 Å². The van der Waals surface area contributed by atoms with Crippen molar-refractivity contribution in [3.8, 4) is 0 Å². The lowest BCUT2D eigenvalue weighted by Crippen LogP contribution is -2.12. The second-order valence-electron chi connectivity index (χ2n) is 4.72.